The molecule has 0 aliphatic rings. The fourth-order valence-electron chi connectivity index (χ4n) is 1.36. The number of hydrogen-bond acceptors (Lipinski definition) is 1. The van der Waals surface area contributed by atoms with Crippen LogP contribution in [-0.4, -0.2) is 17.8 Å². The van der Waals surface area contributed by atoms with E-state index in [1.165, 1.54) is 0 Å². The molecule has 0 heterocycles. The molecule has 1 aromatic rings. The van der Waals surface area contributed by atoms with Gasteiger partial charge in [0.2, 0.25) is 0 Å². The van der Waals surface area contributed by atoms with E-state index in [0.717, 1.165) is 29.1 Å². The SMILES string of the molecule is O=C(NCCCCCBr)c1cc(Br)ccc1Cl. The van der Waals surface area contributed by atoms with Crippen LogP contribution in [0.3, 0.4) is 0 Å². The van der Waals surface area contributed by atoms with Crippen molar-refractivity contribution in [3.63, 3.8) is 0 Å². The number of unbranched alkanes of at least 4 members (excludes halogenated alkanes) is 2. The molecule has 0 saturated carbocycles. The van der Waals surface area contributed by atoms with Gasteiger partial charge in [-0.3, -0.25) is 4.79 Å². The largest absolute Gasteiger partial charge is 0.352 e. The summed E-state index contributed by atoms with van der Waals surface area (Å²) in [5.74, 6) is -0.116. The van der Waals surface area contributed by atoms with Gasteiger partial charge < -0.3 is 5.32 Å². The van der Waals surface area contributed by atoms with Gasteiger partial charge in [-0.15, -0.1) is 0 Å². The van der Waals surface area contributed by atoms with Crippen molar-refractivity contribution in [3.05, 3.63) is 33.3 Å². The number of benzene rings is 1. The lowest BCUT2D eigenvalue weighted by molar-refractivity contribution is 0.0953. The minimum absolute atomic E-state index is 0.116. The van der Waals surface area contributed by atoms with Crippen LogP contribution in [0.15, 0.2) is 22.7 Å². The zero-order chi connectivity index (χ0) is 12.7. The molecular formula is C12H14Br2ClNO. The molecule has 0 atom stereocenters. The Morgan fingerprint density at radius 3 is 2.76 bits per heavy atom. The van der Waals surface area contributed by atoms with Crippen LogP contribution in [0.1, 0.15) is 29.6 Å². The first-order chi connectivity index (χ1) is 8.15. The number of alkyl halides is 1. The normalized spacial score (nSPS) is 10.3. The minimum atomic E-state index is -0.116. The summed E-state index contributed by atoms with van der Waals surface area (Å²) in [7, 11) is 0. The van der Waals surface area contributed by atoms with Crippen LogP contribution >= 0.6 is 43.5 Å². The topological polar surface area (TPSA) is 29.1 Å². The van der Waals surface area contributed by atoms with E-state index in [4.69, 9.17) is 11.6 Å². The average Bonchev–Trinajstić information content (AvgIpc) is 2.32. The maximum absolute atomic E-state index is 11.8. The number of carbonyl (C=O) groups excluding carboxylic acids is 1. The number of nitrogens with one attached hydrogen (secondary N) is 1. The van der Waals surface area contributed by atoms with Gasteiger partial charge in [-0.05, 0) is 31.0 Å². The van der Waals surface area contributed by atoms with Gasteiger partial charge in [0.05, 0.1) is 10.6 Å². The van der Waals surface area contributed by atoms with Crippen LogP contribution in [0.25, 0.3) is 0 Å². The molecule has 0 spiro atoms. The van der Waals surface area contributed by atoms with Crippen molar-refractivity contribution in [2.24, 2.45) is 0 Å². The molecule has 0 unspecified atom stereocenters. The molecule has 5 heteroatoms. The molecule has 1 rings (SSSR count). The number of hydrogen-bond donors (Lipinski definition) is 1. The predicted molar refractivity (Wildman–Crippen MR) is 79.1 cm³/mol. The molecule has 1 amide bonds. The number of rotatable bonds is 6. The smallest absolute Gasteiger partial charge is 0.252 e. The van der Waals surface area contributed by atoms with E-state index in [1.54, 1.807) is 12.1 Å². The van der Waals surface area contributed by atoms with Crippen LogP contribution in [0.4, 0.5) is 0 Å². The fraction of sp³-hybridized carbons (Fsp3) is 0.417. The first-order valence-electron chi connectivity index (χ1n) is 5.44. The van der Waals surface area contributed by atoms with E-state index < -0.39 is 0 Å². The maximum atomic E-state index is 11.8. The molecule has 0 aliphatic carbocycles. The zero-order valence-electron chi connectivity index (χ0n) is 9.31. The summed E-state index contributed by atoms with van der Waals surface area (Å²) < 4.78 is 0.853. The van der Waals surface area contributed by atoms with Gasteiger partial charge in [-0.25, -0.2) is 0 Å². The number of amides is 1. The molecule has 1 N–H and O–H groups in total. The highest BCUT2D eigenvalue weighted by Crippen LogP contribution is 2.20. The molecule has 2 nitrogen and oxygen atoms in total. The Hall–Kier alpha value is -0.0600. The van der Waals surface area contributed by atoms with Gasteiger partial charge in [0.25, 0.3) is 5.91 Å². The van der Waals surface area contributed by atoms with Gasteiger partial charge in [-0.1, -0.05) is 49.9 Å². The highest BCUT2D eigenvalue weighted by molar-refractivity contribution is 9.10. The lowest BCUT2D eigenvalue weighted by atomic mass is 10.2. The average molecular weight is 384 g/mol. The summed E-state index contributed by atoms with van der Waals surface area (Å²) in [5, 5.41) is 4.36. The van der Waals surface area contributed by atoms with Crippen molar-refractivity contribution < 1.29 is 4.79 Å². The molecule has 0 radical (unpaired) electrons. The van der Waals surface area contributed by atoms with Gasteiger partial charge in [0.1, 0.15) is 0 Å². The Bertz CT molecular complexity index is 385. The van der Waals surface area contributed by atoms with Crippen LogP contribution in [0, 0.1) is 0 Å². The Balaban J connectivity index is 2.44. The van der Waals surface area contributed by atoms with E-state index in [-0.39, 0.29) is 5.91 Å². The van der Waals surface area contributed by atoms with Crippen molar-refractivity contribution in [1.29, 1.82) is 0 Å². The molecule has 0 saturated heterocycles. The minimum Gasteiger partial charge on any atom is -0.352 e. The fourth-order valence-corrected chi connectivity index (χ4v) is 2.33. The summed E-state index contributed by atoms with van der Waals surface area (Å²) in [6, 6.07) is 5.26. The summed E-state index contributed by atoms with van der Waals surface area (Å²) >= 11 is 12.7. The van der Waals surface area contributed by atoms with E-state index in [9.17, 15) is 4.79 Å². The van der Waals surface area contributed by atoms with Gasteiger partial charge in [0, 0.05) is 16.3 Å². The third-order valence-corrected chi connectivity index (χ3v) is 3.65. The molecule has 0 aromatic heterocycles. The second-order valence-corrected chi connectivity index (χ2v) is 5.75. The molecule has 0 fully saturated rings. The summed E-state index contributed by atoms with van der Waals surface area (Å²) in [6.07, 6.45) is 3.23. The quantitative estimate of drug-likeness (QED) is 0.573. The van der Waals surface area contributed by atoms with Crippen LogP contribution < -0.4 is 5.32 Å². The van der Waals surface area contributed by atoms with Crippen LogP contribution in [0.5, 0.6) is 0 Å². The van der Waals surface area contributed by atoms with E-state index in [2.05, 4.69) is 37.2 Å². The molecule has 94 valence electrons. The standard InChI is InChI=1S/C12H14Br2ClNO/c13-6-2-1-3-7-16-12(17)10-8-9(14)4-5-11(10)15/h4-5,8H,1-3,6-7H2,(H,16,17). The van der Waals surface area contributed by atoms with Crippen molar-refractivity contribution >= 4 is 49.4 Å². The van der Waals surface area contributed by atoms with E-state index in [0.29, 0.717) is 17.1 Å². The first kappa shape index (κ1) is 15.0. The Morgan fingerprint density at radius 1 is 1.29 bits per heavy atom. The summed E-state index contributed by atoms with van der Waals surface area (Å²) in [6.45, 7) is 0.689. The first-order valence-corrected chi connectivity index (χ1v) is 7.73. The summed E-state index contributed by atoms with van der Waals surface area (Å²) in [5.41, 5.74) is 0.515. The molecule has 17 heavy (non-hydrogen) atoms. The third kappa shape index (κ3) is 5.40. The van der Waals surface area contributed by atoms with Crippen molar-refractivity contribution in [2.45, 2.75) is 19.3 Å². The highest BCUT2D eigenvalue weighted by Gasteiger charge is 2.09. The molecular weight excluding hydrogens is 369 g/mol. The molecule has 0 aliphatic heterocycles. The Labute approximate surface area is 123 Å². The van der Waals surface area contributed by atoms with Gasteiger partial charge in [0.15, 0.2) is 0 Å². The Kier molecular flexibility index (Phi) is 7.16. The predicted octanol–water partition coefficient (Wildman–Crippen LogP) is 4.40. The van der Waals surface area contributed by atoms with E-state index >= 15 is 0 Å². The Morgan fingerprint density at radius 2 is 2.06 bits per heavy atom. The van der Waals surface area contributed by atoms with Crippen molar-refractivity contribution in [2.75, 3.05) is 11.9 Å². The maximum Gasteiger partial charge on any atom is 0.252 e. The monoisotopic (exact) mass is 381 g/mol. The van der Waals surface area contributed by atoms with Crippen LogP contribution in [0.2, 0.25) is 5.02 Å². The van der Waals surface area contributed by atoms with Gasteiger partial charge in [-0.2, -0.15) is 0 Å². The lowest BCUT2D eigenvalue weighted by Crippen LogP contribution is -2.24. The van der Waals surface area contributed by atoms with Crippen molar-refractivity contribution in [1.82, 2.24) is 5.32 Å². The number of carbonyl (C=O) groups is 1. The second-order valence-electron chi connectivity index (χ2n) is 3.63. The van der Waals surface area contributed by atoms with Crippen molar-refractivity contribution in [3.8, 4) is 0 Å². The highest BCUT2D eigenvalue weighted by atomic mass is 79.9. The second kappa shape index (κ2) is 8.11. The zero-order valence-corrected chi connectivity index (χ0v) is 13.2. The van der Waals surface area contributed by atoms with Gasteiger partial charge >= 0.3 is 0 Å². The molecule has 0 bridgehead atoms. The lowest BCUT2D eigenvalue weighted by Gasteiger charge is -2.06. The summed E-state index contributed by atoms with van der Waals surface area (Å²) in [4.78, 5) is 11.8. The van der Waals surface area contributed by atoms with E-state index in [1.807, 2.05) is 6.07 Å². The molecule has 1 aromatic carbocycles. The van der Waals surface area contributed by atoms with Crippen LogP contribution in [-0.2, 0) is 0 Å². The third-order valence-electron chi connectivity index (χ3n) is 2.27. The number of halogens is 3.